The van der Waals surface area contributed by atoms with E-state index in [-0.39, 0.29) is 6.61 Å². The van der Waals surface area contributed by atoms with Gasteiger partial charge < -0.3 is 4.74 Å². The minimum atomic E-state index is 0.114. The van der Waals surface area contributed by atoms with E-state index in [9.17, 15) is 0 Å². The molecule has 0 atom stereocenters. The first-order valence-electron chi connectivity index (χ1n) is 7.68. The van der Waals surface area contributed by atoms with E-state index in [1.54, 1.807) is 29.1 Å². The molecule has 0 aliphatic carbocycles. The van der Waals surface area contributed by atoms with Crippen molar-refractivity contribution in [2.75, 3.05) is 0 Å². The Bertz CT molecular complexity index is 1030. The highest BCUT2D eigenvalue weighted by molar-refractivity contribution is 6.30. The van der Waals surface area contributed by atoms with E-state index in [2.05, 4.69) is 30.6 Å². The van der Waals surface area contributed by atoms with Crippen molar-refractivity contribution < 1.29 is 4.74 Å². The van der Waals surface area contributed by atoms with Gasteiger partial charge in [-0.1, -0.05) is 22.8 Å². The summed E-state index contributed by atoms with van der Waals surface area (Å²) >= 11 is 5.98. The molecule has 0 radical (unpaired) electrons. The lowest BCUT2D eigenvalue weighted by Crippen LogP contribution is -2.04. The fourth-order valence-corrected chi connectivity index (χ4v) is 2.52. The van der Waals surface area contributed by atoms with Crippen LogP contribution in [0.3, 0.4) is 0 Å². The molecule has 0 N–H and O–H groups in total. The molecule has 130 valence electrons. The zero-order chi connectivity index (χ0) is 17.9. The first-order chi connectivity index (χ1) is 12.7. The summed E-state index contributed by atoms with van der Waals surface area (Å²) in [5, 5.41) is 21.1. The summed E-state index contributed by atoms with van der Waals surface area (Å²) in [7, 11) is 1.82. The summed E-state index contributed by atoms with van der Waals surface area (Å²) < 4.78 is 7.41. The molecule has 0 saturated carbocycles. The second-order valence-electron chi connectivity index (χ2n) is 5.36. The minimum absolute atomic E-state index is 0.114. The fraction of sp³-hybridized carbons (Fsp3) is 0.125. The second-order valence-corrected chi connectivity index (χ2v) is 5.80. The zero-order valence-electron chi connectivity index (χ0n) is 13.7. The maximum Gasteiger partial charge on any atom is 0.317 e. The van der Waals surface area contributed by atoms with Crippen molar-refractivity contribution in [3.05, 3.63) is 59.6 Å². The van der Waals surface area contributed by atoms with Crippen LogP contribution in [0.1, 0.15) is 5.82 Å². The van der Waals surface area contributed by atoms with Gasteiger partial charge in [-0.2, -0.15) is 0 Å². The van der Waals surface area contributed by atoms with E-state index in [0.29, 0.717) is 22.7 Å². The Hall–Kier alpha value is -3.33. The average Bonchev–Trinajstić information content (AvgIpc) is 3.28. The molecule has 3 heterocycles. The van der Waals surface area contributed by atoms with Crippen LogP contribution in [-0.2, 0) is 13.7 Å². The molecule has 9 nitrogen and oxygen atoms in total. The van der Waals surface area contributed by atoms with Crippen LogP contribution in [0.5, 0.6) is 6.01 Å². The summed E-state index contributed by atoms with van der Waals surface area (Å²) in [6.45, 7) is 0.114. The van der Waals surface area contributed by atoms with Crippen molar-refractivity contribution in [3.63, 3.8) is 0 Å². The summed E-state index contributed by atoms with van der Waals surface area (Å²) in [6, 6.07) is 11.2. The van der Waals surface area contributed by atoms with Crippen molar-refractivity contribution >= 4 is 11.6 Å². The molecule has 0 unspecified atom stereocenters. The first kappa shape index (κ1) is 16.2. The smallest absolute Gasteiger partial charge is 0.317 e. The Labute approximate surface area is 153 Å². The van der Waals surface area contributed by atoms with Gasteiger partial charge in [0.05, 0.1) is 5.69 Å². The summed E-state index contributed by atoms with van der Waals surface area (Å²) in [6.07, 6.45) is 3.39. The number of hydrogen-bond donors (Lipinski definition) is 0. The summed E-state index contributed by atoms with van der Waals surface area (Å²) in [5.74, 6) is 1.09. The molecular weight excluding hydrogens is 356 g/mol. The van der Waals surface area contributed by atoms with Gasteiger partial charge in [-0.3, -0.25) is 9.55 Å². The van der Waals surface area contributed by atoms with Gasteiger partial charge in [0, 0.05) is 30.0 Å². The number of nitrogens with zero attached hydrogens (tertiary/aromatic N) is 8. The van der Waals surface area contributed by atoms with Crippen LogP contribution in [-0.4, -0.2) is 40.0 Å². The molecule has 26 heavy (non-hydrogen) atoms. The summed E-state index contributed by atoms with van der Waals surface area (Å²) in [4.78, 5) is 5.39. The Balaban J connectivity index is 1.48. The molecule has 3 aromatic heterocycles. The predicted molar refractivity (Wildman–Crippen MR) is 92.7 cm³/mol. The molecule has 0 amide bonds. The quantitative estimate of drug-likeness (QED) is 0.532. The van der Waals surface area contributed by atoms with Crippen molar-refractivity contribution in [3.8, 4) is 23.1 Å². The van der Waals surface area contributed by atoms with Crippen LogP contribution < -0.4 is 4.74 Å². The molecule has 1 aromatic carbocycles. The van der Waals surface area contributed by atoms with Gasteiger partial charge in [0.1, 0.15) is 0 Å². The van der Waals surface area contributed by atoms with Crippen molar-refractivity contribution in [2.45, 2.75) is 6.61 Å². The molecular formula is C16H13ClN8O. The first-order valence-corrected chi connectivity index (χ1v) is 8.06. The van der Waals surface area contributed by atoms with Gasteiger partial charge in [-0.15, -0.1) is 20.1 Å². The third-order valence-corrected chi connectivity index (χ3v) is 3.83. The SMILES string of the molecule is Cn1c(OCc2nnn(-c3cccc(Cl)c3)n2)nnc1-c1ccncc1. The van der Waals surface area contributed by atoms with Gasteiger partial charge >= 0.3 is 6.01 Å². The molecule has 4 rings (SSSR count). The van der Waals surface area contributed by atoms with E-state index in [0.717, 1.165) is 11.3 Å². The van der Waals surface area contributed by atoms with Crippen LogP contribution in [0.2, 0.25) is 5.02 Å². The molecule has 10 heteroatoms. The van der Waals surface area contributed by atoms with Gasteiger partial charge in [0.25, 0.3) is 0 Å². The number of hydrogen-bond acceptors (Lipinski definition) is 7. The Morgan fingerprint density at radius 3 is 2.73 bits per heavy atom. The van der Waals surface area contributed by atoms with E-state index in [1.165, 1.54) is 4.80 Å². The molecule has 4 aromatic rings. The zero-order valence-corrected chi connectivity index (χ0v) is 14.4. The molecule has 0 spiro atoms. The van der Waals surface area contributed by atoms with Crippen LogP contribution in [0.15, 0.2) is 48.8 Å². The fourth-order valence-electron chi connectivity index (χ4n) is 2.33. The number of pyridine rings is 1. The lowest BCUT2D eigenvalue weighted by Gasteiger charge is -2.04. The highest BCUT2D eigenvalue weighted by Gasteiger charge is 2.13. The Morgan fingerprint density at radius 2 is 1.92 bits per heavy atom. The van der Waals surface area contributed by atoms with E-state index < -0.39 is 0 Å². The number of halogens is 1. The van der Waals surface area contributed by atoms with Crippen molar-refractivity contribution in [1.82, 2.24) is 40.0 Å². The second kappa shape index (κ2) is 6.89. The third-order valence-electron chi connectivity index (χ3n) is 3.60. The van der Waals surface area contributed by atoms with E-state index >= 15 is 0 Å². The highest BCUT2D eigenvalue weighted by atomic mass is 35.5. The molecule has 0 fully saturated rings. The monoisotopic (exact) mass is 368 g/mol. The lowest BCUT2D eigenvalue weighted by atomic mass is 10.2. The highest BCUT2D eigenvalue weighted by Crippen LogP contribution is 2.19. The maximum atomic E-state index is 5.98. The average molecular weight is 369 g/mol. The maximum absolute atomic E-state index is 5.98. The number of ether oxygens (including phenoxy) is 1. The third kappa shape index (κ3) is 3.24. The van der Waals surface area contributed by atoms with Gasteiger partial charge in [-0.05, 0) is 35.5 Å². The number of benzene rings is 1. The predicted octanol–water partition coefficient (Wildman–Crippen LogP) is 2.09. The van der Waals surface area contributed by atoms with E-state index in [4.69, 9.17) is 16.3 Å². The topological polar surface area (TPSA) is 96.4 Å². The number of rotatable bonds is 5. The molecule has 0 saturated heterocycles. The van der Waals surface area contributed by atoms with Crippen LogP contribution in [0.4, 0.5) is 0 Å². The summed E-state index contributed by atoms with van der Waals surface area (Å²) in [5.41, 5.74) is 1.62. The van der Waals surface area contributed by atoms with Crippen LogP contribution in [0.25, 0.3) is 17.1 Å². The Kier molecular flexibility index (Phi) is 4.28. The van der Waals surface area contributed by atoms with Crippen LogP contribution in [0, 0.1) is 0 Å². The van der Waals surface area contributed by atoms with Crippen molar-refractivity contribution in [1.29, 1.82) is 0 Å². The standard InChI is InChI=1S/C16H13ClN8O/c1-24-15(11-5-7-18-8-6-11)20-21-16(24)26-10-14-19-23-25(22-14)13-4-2-3-12(17)9-13/h2-9H,10H2,1H3. The normalized spacial score (nSPS) is 10.8. The van der Waals surface area contributed by atoms with Gasteiger partial charge in [0.2, 0.25) is 5.82 Å². The number of tetrazole rings is 1. The number of aromatic nitrogens is 8. The molecule has 0 aliphatic heterocycles. The van der Waals surface area contributed by atoms with E-state index in [1.807, 2.05) is 31.3 Å². The molecule has 0 bridgehead atoms. The Morgan fingerprint density at radius 1 is 1.08 bits per heavy atom. The van der Waals surface area contributed by atoms with Gasteiger partial charge in [0.15, 0.2) is 12.4 Å². The lowest BCUT2D eigenvalue weighted by molar-refractivity contribution is 0.262. The minimum Gasteiger partial charge on any atom is -0.455 e. The van der Waals surface area contributed by atoms with Gasteiger partial charge in [-0.25, -0.2) is 0 Å². The van der Waals surface area contributed by atoms with Crippen LogP contribution >= 0.6 is 11.6 Å². The van der Waals surface area contributed by atoms with Crippen molar-refractivity contribution in [2.24, 2.45) is 7.05 Å². The largest absolute Gasteiger partial charge is 0.455 e. The molecule has 0 aliphatic rings.